The number of hydrogen-bond donors (Lipinski definition) is 1. The number of alkyl halides is 3. The van der Waals surface area contributed by atoms with Gasteiger partial charge in [0.2, 0.25) is 0 Å². The van der Waals surface area contributed by atoms with E-state index in [1.54, 1.807) is 6.07 Å². The Morgan fingerprint density at radius 3 is 2.38 bits per heavy atom. The van der Waals surface area contributed by atoms with E-state index in [0.717, 1.165) is 44.6 Å². The number of ether oxygens (including phenoxy) is 2. The van der Waals surface area contributed by atoms with E-state index in [2.05, 4.69) is 15.0 Å². The number of nitrogens with zero attached hydrogens (tertiary/aromatic N) is 1. The molecule has 1 N–H and O–H groups in total. The summed E-state index contributed by atoms with van der Waals surface area (Å²) in [6.07, 6.45) is -2.81. The minimum atomic E-state index is -4.66. The van der Waals surface area contributed by atoms with Gasteiger partial charge in [-0.3, -0.25) is 4.90 Å². The van der Waals surface area contributed by atoms with Crippen molar-refractivity contribution in [3.8, 4) is 5.75 Å². The second kappa shape index (κ2) is 10.6. The van der Waals surface area contributed by atoms with Crippen molar-refractivity contribution in [3.05, 3.63) is 29.8 Å². The molecule has 2 heterocycles. The molecule has 1 atom stereocenters. The van der Waals surface area contributed by atoms with E-state index in [1.165, 1.54) is 12.1 Å². The fourth-order valence-electron chi connectivity index (χ4n) is 3.67. The zero-order valence-corrected chi connectivity index (χ0v) is 16.0. The van der Waals surface area contributed by atoms with E-state index in [4.69, 9.17) is 4.74 Å². The average molecular weight is 417 g/mol. The lowest BCUT2D eigenvalue weighted by Gasteiger charge is -2.41. The Balaban J connectivity index is 0.00000169. The van der Waals surface area contributed by atoms with Crippen LogP contribution in [0.5, 0.6) is 5.75 Å². The third-order valence-electron chi connectivity index (χ3n) is 4.69. The smallest absolute Gasteiger partial charge is 0.406 e. The molecule has 2 fully saturated rings. The molecule has 2 aliphatic heterocycles. The van der Waals surface area contributed by atoms with Crippen LogP contribution in [0, 0.1) is 5.92 Å². The van der Waals surface area contributed by atoms with Crippen molar-refractivity contribution in [3.63, 3.8) is 0 Å². The first-order valence-corrected chi connectivity index (χ1v) is 8.41. The predicted molar refractivity (Wildman–Crippen MR) is 98.3 cm³/mol. The molecule has 0 aromatic heterocycles. The summed E-state index contributed by atoms with van der Waals surface area (Å²) in [6.45, 7) is 5.02. The van der Waals surface area contributed by atoms with Crippen LogP contribution in [0.4, 0.5) is 13.2 Å². The van der Waals surface area contributed by atoms with E-state index in [-0.39, 0.29) is 36.6 Å². The normalized spacial score (nSPS) is 20.6. The van der Waals surface area contributed by atoms with Crippen molar-refractivity contribution in [2.45, 2.75) is 25.2 Å². The van der Waals surface area contributed by atoms with Crippen LogP contribution in [-0.2, 0) is 4.74 Å². The molecular formula is C17H25Cl2F3N2O2. The molecule has 9 heteroatoms. The number of hydrogen-bond acceptors (Lipinski definition) is 4. The Hall–Kier alpha value is -0.730. The van der Waals surface area contributed by atoms with Gasteiger partial charge in [-0.15, -0.1) is 38.0 Å². The zero-order valence-electron chi connectivity index (χ0n) is 14.3. The van der Waals surface area contributed by atoms with Crippen LogP contribution in [-0.4, -0.2) is 50.7 Å². The molecule has 0 saturated carbocycles. The van der Waals surface area contributed by atoms with Gasteiger partial charge in [0.1, 0.15) is 5.75 Å². The van der Waals surface area contributed by atoms with Gasteiger partial charge in [0, 0.05) is 45.4 Å². The molecule has 0 unspecified atom stereocenters. The molecule has 0 amide bonds. The second-order valence-electron chi connectivity index (χ2n) is 6.30. The Kier molecular flexibility index (Phi) is 9.47. The first-order valence-electron chi connectivity index (χ1n) is 8.41. The molecule has 1 aromatic carbocycles. The molecule has 3 rings (SSSR count). The summed E-state index contributed by atoms with van der Waals surface area (Å²) in [6, 6.07) is 6.55. The molecule has 1 aromatic rings. The summed E-state index contributed by atoms with van der Waals surface area (Å²) in [4.78, 5) is 2.37. The van der Waals surface area contributed by atoms with Crippen LogP contribution in [0.15, 0.2) is 24.3 Å². The summed E-state index contributed by atoms with van der Waals surface area (Å²) in [7, 11) is 0. The Labute approximate surface area is 164 Å². The minimum Gasteiger partial charge on any atom is -0.406 e. The maximum atomic E-state index is 12.5. The molecule has 150 valence electrons. The largest absolute Gasteiger partial charge is 0.573 e. The van der Waals surface area contributed by atoms with Crippen molar-refractivity contribution < 1.29 is 22.6 Å². The van der Waals surface area contributed by atoms with Gasteiger partial charge in [-0.25, -0.2) is 0 Å². The molecule has 0 spiro atoms. The highest BCUT2D eigenvalue weighted by Crippen LogP contribution is 2.37. The summed E-state index contributed by atoms with van der Waals surface area (Å²) in [5.41, 5.74) is 0.894. The molecule has 2 aliphatic rings. The van der Waals surface area contributed by atoms with Crippen molar-refractivity contribution in [1.29, 1.82) is 0 Å². The van der Waals surface area contributed by atoms with Gasteiger partial charge in [0.15, 0.2) is 0 Å². The van der Waals surface area contributed by atoms with Crippen LogP contribution in [0.1, 0.15) is 24.4 Å². The van der Waals surface area contributed by atoms with Crippen molar-refractivity contribution in [2.24, 2.45) is 5.92 Å². The third-order valence-corrected chi connectivity index (χ3v) is 4.69. The zero-order chi connectivity index (χ0) is 17.0. The van der Waals surface area contributed by atoms with Gasteiger partial charge in [-0.05, 0) is 36.5 Å². The van der Waals surface area contributed by atoms with Crippen LogP contribution in [0.3, 0.4) is 0 Å². The molecular weight excluding hydrogens is 392 g/mol. The Bertz CT molecular complexity index is 519. The molecule has 26 heavy (non-hydrogen) atoms. The summed E-state index contributed by atoms with van der Waals surface area (Å²) < 4.78 is 47.1. The molecule has 0 aliphatic carbocycles. The van der Waals surface area contributed by atoms with Crippen LogP contribution >= 0.6 is 24.8 Å². The fourth-order valence-corrected chi connectivity index (χ4v) is 3.67. The summed E-state index contributed by atoms with van der Waals surface area (Å²) >= 11 is 0. The van der Waals surface area contributed by atoms with Crippen LogP contribution in [0.25, 0.3) is 0 Å². The van der Waals surface area contributed by atoms with Gasteiger partial charge >= 0.3 is 6.36 Å². The topological polar surface area (TPSA) is 33.7 Å². The van der Waals surface area contributed by atoms with Crippen molar-refractivity contribution in [1.82, 2.24) is 10.2 Å². The number of benzene rings is 1. The molecule has 2 saturated heterocycles. The number of nitrogens with one attached hydrogen (secondary N) is 1. The third kappa shape index (κ3) is 6.46. The highest BCUT2D eigenvalue weighted by molar-refractivity contribution is 5.85. The molecule has 0 radical (unpaired) electrons. The fraction of sp³-hybridized carbons (Fsp3) is 0.647. The van der Waals surface area contributed by atoms with Gasteiger partial charge in [-0.1, -0.05) is 12.1 Å². The number of halogens is 5. The van der Waals surface area contributed by atoms with Gasteiger partial charge in [0.25, 0.3) is 0 Å². The first-order chi connectivity index (χ1) is 11.5. The monoisotopic (exact) mass is 416 g/mol. The maximum Gasteiger partial charge on any atom is 0.573 e. The Morgan fingerprint density at radius 2 is 1.77 bits per heavy atom. The van der Waals surface area contributed by atoms with Crippen molar-refractivity contribution >= 4 is 24.8 Å². The highest BCUT2D eigenvalue weighted by Gasteiger charge is 2.33. The maximum absolute atomic E-state index is 12.5. The predicted octanol–water partition coefficient (Wildman–Crippen LogP) is 3.80. The SMILES string of the molecule is Cl.Cl.FC(F)(F)Oc1cccc([C@@H](C2CCOCC2)N2CCNCC2)c1. The first kappa shape index (κ1) is 23.3. The van der Waals surface area contributed by atoms with E-state index in [9.17, 15) is 13.2 Å². The van der Waals surface area contributed by atoms with Gasteiger partial charge in [0.05, 0.1) is 0 Å². The summed E-state index contributed by atoms with van der Waals surface area (Å²) in [5.74, 6) is 0.241. The molecule has 4 nitrogen and oxygen atoms in total. The lowest BCUT2D eigenvalue weighted by Crippen LogP contribution is -2.47. The van der Waals surface area contributed by atoms with E-state index in [1.807, 2.05) is 6.07 Å². The van der Waals surface area contributed by atoms with Crippen LogP contribution in [0.2, 0.25) is 0 Å². The lowest BCUT2D eigenvalue weighted by molar-refractivity contribution is -0.274. The summed E-state index contributed by atoms with van der Waals surface area (Å²) in [5, 5.41) is 3.33. The standard InChI is InChI=1S/C17H23F3N2O2.2ClH/c18-17(19,20)24-15-3-1-2-14(12-15)16(13-4-10-23-11-5-13)22-8-6-21-7-9-22;;/h1-3,12-13,16,21H,4-11H2;2*1H/t16-;;/m1../s1. The molecule has 0 bridgehead atoms. The highest BCUT2D eigenvalue weighted by atomic mass is 35.5. The minimum absolute atomic E-state index is 0. The Morgan fingerprint density at radius 1 is 1.12 bits per heavy atom. The van der Waals surface area contributed by atoms with Gasteiger partial charge < -0.3 is 14.8 Å². The quantitative estimate of drug-likeness (QED) is 0.808. The second-order valence-corrected chi connectivity index (χ2v) is 6.30. The van der Waals surface area contributed by atoms with Crippen molar-refractivity contribution in [2.75, 3.05) is 39.4 Å². The number of piperazine rings is 1. The van der Waals surface area contributed by atoms with Crippen LogP contribution < -0.4 is 10.1 Å². The average Bonchev–Trinajstić information content (AvgIpc) is 2.56. The van der Waals surface area contributed by atoms with E-state index < -0.39 is 6.36 Å². The van der Waals surface area contributed by atoms with E-state index >= 15 is 0 Å². The van der Waals surface area contributed by atoms with Gasteiger partial charge in [-0.2, -0.15) is 0 Å². The lowest BCUT2D eigenvalue weighted by atomic mass is 9.85. The van der Waals surface area contributed by atoms with E-state index in [0.29, 0.717) is 19.1 Å². The number of rotatable bonds is 4.